The van der Waals surface area contributed by atoms with Crippen molar-refractivity contribution in [1.82, 2.24) is 10.2 Å². The summed E-state index contributed by atoms with van der Waals surface area (Å²) >= 11 is 0. The Balaban J connectivity index is 2.85. The molecule has 1 unspecified atom stereocenters. The Bertz CT molecular complexity index is 483. The summed E-state index contributed by atoms with van der Waals surface area (Å²) in [5, 5.41) is 2.91. The molecular weight excluding hydrogens is 276 g/mol. The van der Waals surface area contributed by atoms with Crippen LogP contribution in [0.4, 0.5) is 0 Å². The molecule has 0 fully saturated rings. The normalized spacial score (nSPS) is 12.3. The Morgan fingerprint density at radius 2 is 1.64 bits per heavy atom. The summed E-state index contributed by atoms with van der Waals surface area (Å²) in [5.41, 5.74) is 1.03. The Kier molecular flexibility index (Phi) is 7.09. The van der Waals surface area contributed by atoms with Gasteiger partial charge in [-0.3, -0.25) is 9.59 Å². The quantitative estimate of drug-likeness (QED) is 0.842. The van der Waals surface area contributed by atoms with E-state index >= 15 is 0 Å². The van der Waals surface area contributed by atoms with Crippen LogP contribution >= 0.6 is 0 Å². The van der Waals surface area contributed by atoms with Crippen molar-refractivity contribution in [1.29, 1.82) is 0 Å². The average molecular weight is 304 g/mol. The number of nitrogens with one attached hydrogen (secondary N) is 1. The summed E-state index contributed by atoms with van der Waals surface area (Å²) in [4.78, 5) is 26.4. The third-order valence-electron chi connectivity index (χ3n) is 3.50. The number of benzene rings is 1. The zero-order valence-corrected chi connectivity index (χ0v) is 14.3. The van der Waals surface area contributed by atoms with E-state index in [-0.39, 0.29) is 17.7 Å². The van der Waals surface area contributed by atoms with E-state index in [9.17, 15) is 9.59 Å². The van der Waals surface area contributed by atoms with Gasteiger partial charge in [0.05, 0.1) is 0 Å². The van der Waals surface area contributed by atoms with Gasteiger partial charge in [-0.25, -0.2) is 0 Å². The van der Waals surface area contributed by atoms with Gasteiger partial charge in [-0.15, -0.1) is 0 Å². The van der Waals surface area contributed by atoms with Gasteiger partial charge in [0.25, 0.3) is 0 Å². The van der Waals surface area contributed by atoms with E-state index in [2.05, 4.69) is 5.32 Å². The van der Waals surface area contributed by atoms with Crippen molar-refractivity contribution in [3.8, 4) is 0 Å². The molecule has 1 N–H and O–H groups in total. The van der Waals surface area contributed by atoms with Crippen molar-refractivity contribution in [3.05, 3.63) is 35.9 Å². The summed E-state index contributed by atoms with van der Waals surface area (Å²) in [7, 11) is 0. The van der Waals surface area contributed by atoms with Crippen molar-refractivity contribution in [2.45, 2.75) is 47.2 Å². The number of amides is 2. The smallest absolute Gasteiger partial charge is 0.242 e. The molecule has 4 heteroatoms. The lowest BCUT2D eigenvalue weighted by atomic mass is 10.1. The summed E-state index contributed by atoms with van der Waals surface area (Å²) in [6, 6.07) is 9.29. The fourth-order valence-electron chi connectivity index (χ4n) is 2.11. The number of hydrogen-bond donors (Lipinski definition) is 1. The highest BCUT2D eigenvalue weighted by molar-refractivity contribution is 5.88. The molecule has 0 aliphatic rings. The molecule has 1 aromatic rings. The predicted octanol–water partition coefficient (Wildman–Crippen LogP) is 2.83. The fraction of sp³-hybridized carbons (Fsp3) is 0.556. The maximum absolute atomic E-state index is 12.5. The number of hydrogen-bond acceptors (Lipinski definition) is 2. The van der Waals surface area contributed by atoms with Crippen LogP contribution < -0.4 is 5.32 Å². The Morgan fingerprint density at radius 3 is 2.14 bits per heavy atom. The van der Waals surface area contributed by atoms with E-state index in [1.54, 1.807) is 11.8 Å². The fourth-order valence-corrected chi connectivity index (χ4v) is 2.11. The number of carbonyl (C=O) groups is 2. The van der Waals surface area contributed by atoms with Crippen molar-refractivity contribution < 1.29 is 9.59 Å². The molecule has 0 aliphatic heterocycles. The molecule has 0 bridgehead atoms. The van der Waals surface area contributed by atoms with Crippen LogP contribution in [0.2, 0.25) is 0 Å². The second-order valence-corrected chi connectivity index (χ2v) is 6.42. The highest BCUT2D eigenvalue weighted by atomic mass is 16.2. The SMILES string of the molecule is CC(C)CNC(=O)C(C)N(Cc1ccccc1)C(=O)C(C)C. The molecule has 0 heterocycles. The minimum atomic E-state index is -0.478. The standard InChI is InChI=1S/C18H28N2O2/c1-13(2)11-19-17(21)15(5)20(18(22)14(3)4)12-16-9-7-6-8-10-16/h6-10,13-15H,11-12H2,1-5H3,(H,19,21). The number of carbonyl (C=O) groups excluding carboxylic acids is 2. The Morgan fingerprint density at radius 1 is 1.05 bits per heavy atom. The molecule has 0 saturated heterocycles. The number of rotatable bonds is 7. The molecule has 0 aromatic heterocycles. The first kappa shape index (κ1) is 18.2. The molecule has 122 valence electrons. The molecular formula is C18H28N2O2. The monoisotopic (exact) mass is 304 g/mol. The summed E-state index contributed by atoms with van der Waals surface area (Å²) in [6.07, 6.45) is 0. The van der Waals surface area contributed by atoms with Gasteiger partial charge in [0.15, 0.2) is 0 Å². The van der Waals surface area contributed by atoms with Crippen LogP contribution in [0, 0.1) is 11.8 Å². The number of nitrogens with zero attached hydrogens (tertiary/aromatic N) is 1. The zero-order chi connectivity index (χ0) is 16.7. The van der Waals surface area contributed by atoms with Gasteiger partial charge in [0.2, 0.25) is 11.8 Å². The summed E-state index contributed by atoms with van der Waals surface area (Å²) < 4.78 is 0. The Labute approximate surface area is 133 Å². The van der Waals surface area contributed by atoms with Crippen LogP contribution in [0.3, 0.4) is 0 Å². The molecule has 1 aromatic carbocycles. The van der Waals surface area contributed by atoms with Gasteiger partial charge in [0.1, 0.15) is 6.04 Å². The van der Waals surface area contributed by atoms with Crippen molar-refractivity contribution in [3.63, 3.8) is 0 Å². The van der Waals surface area contributed by atoms with E-state index in [0.29, 0.717) is 19.0 Å². The van der Waals surface area contributed by atoms with Crippen molar-refractivity contribution >= 4 is 11.8 Å². The lowest BCUT2D eigenvalue weighted by molar-refractivity contribution is -0.143. The first-order chi connectivity index (χ1) is 10.3. The maximum Gasteiger partial charge on any atom is 0.242 e. The molecule has 1 rings (SSSR count). The third kappa shape index (κ3) is 5.51. The minimum absolute atomic E-state index is 0.00366. The van der Waals surface area contributed by atoms with Gasteiger partial charge in [0, 0.05) is 19.0 Å². The van der Waals surface area contributed by atoms with Crippen molar-refractivity contribution in [2.75, 3.05) is 6.54 Å². The molecule has 0 radical (unpaired) electrons. The molecule has 1 atom stereocenters. The highest BCUT2D eigenvalue weighted by Crippen LogP contribution is 2.13. The van der Waals surface area contributed by atoms with Crippen molar-refractivity contribution in [2.24, 2.45) is 11.8 Å². The molecule has 22 heavy (non-hydrogen) atoms. The minimum Gasteiger partial charge on any atom is -0.354 e. The van der Waals surface area contributed by atoms with Crippen LogP contribution in [0.1, 0.15) is 40.2 Å². The molecule has 4 nitrogen and oxygen atoms in total. The molecule has 2 amide bonds. The van der Waals surface area contributed by atoms with Crippen LogP contribution in [0.15, 0.2) is 30.3 Å². The van der Waals surface area contributed by atoms with E-state index < -0.39 is 6.04 Å². The summed E-state index contributed by atoms with van der Waals surface area (Å²) in [6.45, 7) is 10.7. The van der Waals surface area contributed by atoms with Gasteiger partial charge < -0.3 is 10.2 Å². The molecule has 0 spiro atoms. The van der Waals surface area contributed by atoms with Crippen LogP contribution in [-0.4, -0.2) is 29.3 Å². The second-order valence-electron chi connectivity index (χ2n) is 6.42. The van der Waals surface area contributed by atoms with Crippen LogP contribution in [0.25, 0.3) is 0 Å². The Hall–Kier alpha value is -1.84. The second kappa shape index (κ2) is 8.57. The van der Waals surface area contributed by atoms with Gasteiger partial charge in [-0.2, -0.15) is 0 Å². The van der Waals surface area contributed by atoms with Gasteiger partial charge in [-0.1, -0.05) is 58.0 Å². The molecule has 0 aliphatic carbocycles. The molecule has 0 saturated carbocycles. The van der Waals surface area contributed by atoms with E-state index in [1.165, 1.54) is 0 Å². The van der Waals surface area contributed by atoms with Crippen LogP contribution in [-0.2, 0) is 16.1 Å². The van der Waals surface area contributed by atoms with Crippen LogP contribution in [0.5, 0.6) is 0 Å². The topological polar surface area (TPSA) is 49.4 Å². The predicted molar refractivity (Wildman–Crippen MR) is 89.1 cm³/mol. The van der Waals surface area contributed by atoms with Gasteiger partial charge in [-0.05, 0) is 18.4 Å². The lowest BCUT2D eigenvalue weighted by Gasteiger charge is -2.30. The first-order valence-corrected chi connectivity index (χ1v) is 7.95. The summed E-state index contributed by atoms with van der Waals surface area (Å²) in [5.74, 6) is 0.151. The maximum atomic E-state index is 12.5. The highest BCUT2D eigenvalue weighted by Gasteiger charge is 2.27. The van der Waals surface area contributed by atoms with E-state index in [0.717, 1.165) is 5.56 Å². The average Bonchev–Trinajstić information content (AvgIpc) is 2.49. The largest absolute Gasteiger partial charge is 0.354 e. The zero-order valence-electron chi connectivity index (χ0n) is 14.3. The van der Waals surface area contributed by atoms with E-state index in [4.69, 9.17) is 0 Å². The first-order valence-electron chi connectivity index (χ1n) is 7.95. The van der Waals surface area contributed by atoms with E-state index in [1.807, 2.05) is 58.0 Å². The lowest BCUT2D eigenvalue weighted by Crippen LogP contribution is -2.49. The van der Waals surface area contributed by atoms with Gasteiger partial charge >= 0.3 is 0 Å². The third-order valence-corrected chi connectivity index (χ3v) is 3.50.